The third-order valence-electron chi connectivity index (χ3n) is 2.49. The second-order valence-electron chi connectivity index (χ2n) is 4.23. The number of nitrogen functional groups attached to an aromatic ring is 2. The summed E-state index contributed by atoms with van der Waals surface area (Å²) in [6.45, 7) is 1.11. The van der Waals surface area contributed by atoms with Crippen molar-refractivity contribution in [1.82, 2.24) is 14.9 Å². The SMILES string of the molecule is CC(=O)NS(=O)(=O)c1ccc(N=Nc2c(N)n[nH]c2N)cc1. The predicted octanol–water partition coefficient (Wildman–Crippen LogP) is 0.814. The number of azo groups is 1. The molecule has 2 aromatic rings. The first-order valence-corrected chi connectivity index (χ1v) is 7.42. The number of nitrogens with one attached hydrogen (secondary N) is 2. The van der Waals surface area contributed by atoms with Crippen LogP contribution in [0.25, 0.3) is 0 Å². The number of hydrogen-bond donors (Lipinski definition) is 4. The first-order chi connectivity index (χ1) is 10.3. The van der Waals surface area contributed by atoms with Gasteiger partial charge in [-0.15, -0.1) is 5.11 Å². The molecule has 0 aliphatic carbocycles. The fourth-order valence-corrected chi connectivity index (χ4v) is 2.51. The number of nitrogens with two attached hydrogens (primary N) is 2. The van der Waals surface area contributed by atoms with E-state index in [0.717, 1.165) is 6.92 Å². The lowest BCUT2D eigenvalue weighted by Crippen LogP contribution is -2.28. The molecule has 0 atom stereocenters. The summed E-state index contributed by atoms with van der Waals surface area (Å²) in [4.78, 5) is 10.8. The number of anilines is 2. The largest absolute Gasteiger partial charge is 0.382 e. The Morgan fingerprint density at radius 3 is 2.36 bits per heavy atom. The predicted molar refractivity (Wildman–Crippen MR) is 79.0 cm³/mol. The Balaban J connectivity index is 2.21. The third-order valence-corrected chi connectivity index (χ3v) is 3.93. The van der Waals surface area contributed by atoms with Crippen LogP contribution in [-0.4, -0.2) is 24.5 Å². The molecule has 0 aliphatic heterocycles. The van der Waals surface area contributed by atoms with Crippen molar-refractivity contribution in [3.8, 4) is 0 Å². The Kier molecular flexibility index (Phi) is 4.08. The summed E-state index contributed by atoms with van der Waals surface area (Å²) in [5.41, 5.74) is 11.7. The number of benzene rings is 1. The molecule has 11 heteroatoms. The van der Waals surface area contributed by atoms with Gasteiger partial charge in [0.1, 0.15) is 5.82 Å². The van der Waals surface area contributed by atoms with Gasteiger partial charge in [-0.1, -0.05) is 0 Å². The molecule has 2 rings (SSSR count). The van der Waals surface area contributed by atoms with E-state index in [9.17, 15) is 13.2 Å². The van der Waals surface area contributed by atoms with Gasteiger partial charge in [-0.3, -0.25) is 9.89 Å². The highest BCUT2D eigenvalue weighted by Gasteiger charge is 2.15. The number of amides is 1. The Labute approximate surface area is 125 Å². The van der Waals surface area contributed by atoms with E-state index in [1.807, 2.05) is 4.72 Å². The summed E-state index contributed by atoms with van der Waals surface area (Å²) in [5.74, 6) is -0.396. The van der Waals surface area contributed by atoms with Gasteiger partial charge in [-0.25, -0.2) is 13.1 Å². The van der Waals surface area contributed by atoms with Crippen LogP contribution in [0.15, 0.2) is 39.4 Å². The lowest BCUT2D eigenvalue weighted by atomic mass is 10.3. The molecule has 116 valence electrons. The summed E-state index contributed by atoms with van der Waals surface area (Å²) in [6, 6.07) is 5.43. The average Bonchev–Trinajstić information content (AvgIpc) is 2.75. The highest BCUT2D eigenvalue weighted by molar-refractivity contribution is 7.90. The Hall–Kier alpha value is -2.95. The van der Waals surface area contributed by atoms with Crippen molar-refractivity contribution < 1.29 is 13.2 Å². The Morgan fingerprint density at radius 2 is 1.86 bits per heavy atom. The van der Waals surface area contributed by atoms with Crippen molar-refractivity contribution in [2.45, 2.75) is 11.8 Å². The average molecular weight is 323 g/mol. The standard InChI is InChI=1S/C11H13N7O3S/c1-6(19)18-22(20,21)8-4-2-7(3-5-8)14-15-9-10(12)16-17-11(9)13/h2-5H,1H3,(H,18,19)(H5,12,13,16,17). The van der Waals surface area contributed by atoms with E-state index >= 15 is 0 Å². The number of rotatable bonds is 4. The minimum absolute atomic E-state index is 0.0658. The number of aromatic amines is 1. The molecule has 1 aromatic heterocycles. The molecular formula is C11H13N7O3S. The number of carbonyl (C=O) groups is 1. The van der Waals surface area contributed by atoms with Crippen LogP contribution in [0.3, 0.4) is 0 Å². The molecule has 1 amide bonds. The second-order valence-corrected chi connectivity index (χ2v) is 5.91. The number of aromatic nitrogens is 2. The van der Waals surface area contributed by atoms with Gasteiger partial charge in [0.15, 0.2) is 11.5 Å². The summed E-state index contributed by atoms with van der Waals surface area (Å²) >= 11 is 0. The molecular weight excluding hydrogens is 310 g/mol. The molecule has 0 radical (unpaired) electrons. The van der Waals surface area contributed by atoms with Gasteiger partial charge in [0, 0.05) is 6.92 Å². The summed E-state index contributed by atoms with van der Waals surface area (Å²) < 4.78 is 25.4. The molecule has 0 saturated heterocycles. The van der Waals surface area contributed by atoms with Crippen LogP contribution >= 0.6 is 0 Å². The molecule has 0 unspecified atom stereocenters. The number of hydrogen-bond acceptors (Lipinski definition) is 8. The lowest BCUT2D eigenvalue weighted by Gasteiger charge is -2.04. The Morgan fingerprint density at radius 1 is 1.23 bits per heavy atom. The van der Waals surface area contributed by atoms with E-state index in [4.69, 9.17) is 11.5 Å². The van der Waals surface area contributed by atoms with Crippen molar-refractivity contribution in [2.24, 2.45) is 10.2 Å². The Bertz CT molecular complexity index is 804. The van der Waals surface area contributed by atoms with E-state index in [0.29, 0.717) is 5.69 Å². The number of sulfonamides is 1. The molecule has 1 heterocycles. The van der Waals surface area contributed by atoms with Gasteiger partial charge in [-0.2, -0.15) is 10.2 Å². The van der Waals surface area contributed by atoms with Crippen LogP contribution in [-0.2, 0) is 14.8 Å². The topological polar surface area (TPSA) is 169 Å². The normalized spacial score (nSPS) is 11.7. The highest BCUT2D eigenvalue weighted by atomic mass is 32.2. The van der Waals surface area contributed by atoms with E-state index < -0.39 is 15.9 Å². The van der Waals surface area contributed by atoms with Crippen LogP contribution in [0.4, 0.5) is 23.0 Å². The minimum atomic E-state index is -3.87. The van der Waals surface area contributed by atoms with E-state index in [2.05, 4.69) is 20.4 Å². The van der Waals surface area contributed by atoms with Gasteiger partial charge < -0.3 is 11.5 Å². The van der Waals surface area contributed by atoms with Crippen molar-refractivity contribution in [3.63, 3.8) is 0 Å². The summed E-state index contributed by atoms with van der Waals surface area (Å²) in [5, 5.41) is 13.8. The second kappa shape index (κ2) is 5.81. The number of H-pyrrole nitrogens is 1. The minimum Gasteiger partial charge on any atom is -0.382 e. The molecule has 0 spiro atoms. The molecule has 1 aromatic carbocycles. The summed E-state index contributed by atoms with van der Waals surface area (Å²) in [6.07, 6.45) is 0. The number of nitrogens with zero attached hydrogens (tertiary/aromatic N) is 3. The van der Waals surface area contributed by atoms with Crippen molar-refractivity contribution in [1.29, 1.82) is 0 Å². The molecule has 0 fully saturated rings. The van der Waals surface area contributed by atoms with E-state index in [1.165, 1.54) is 24.3 Å². The van der Waals surface area contributed by atoms with Crippen LogP contribution in [0, 0.1) is 0 Å². The van der Waals surface area contributed by atoms with Crippen molar-refractivity contribution >= 4 is 38.9 Å². The quantitative estimate of drug-likeness (QED) is 0.607. The van der Waals surface area contributed by atoms with E-state index in [1.54, 1.807) is 0 Å². The van der Waals surface area contributed by atoms with Crippen LogP contribution in [0.5, 0.6) is 0 Å². The molecule has 0 bridgehead atoms. The van der Waals surface area contributed by atoms with Gasteiger partial charge in [-0.05, 0) is 24.3 Å². The lowest BCUT2D eigenvalue weighted by molar-refractivity contribution is -0.117. The highest BCUT2D eigenvalue weighted by Crippen LogP contribution is 2.28. The van der Waals surface area contributed by atoms with Crippen LogP contribution in [0.2, 0.25) is 0 Å². The van der Waals surface area contributed by atoms with Crippen LogP contribution < -0.4 is 16.2 Å². The molecule has 0 aliphatic rings. The van der Waals surface area contributed by atoms with Crippen LogP contribution in [0.1, 0.15) is 6.92 Å². The molecule has 10 nitrogen and oxygen atoms in total. The van der Waals surface area contributed by atoms with Gasteiger partial charge in [0.05, 0.1) is 10.6 Å². The third kappa shape index (κ3) is 3.38. The smallest absolute Gasteiger partial charge is 0.264 e. The maximum absolute atomic E-state index is 11.8. The zero-order chi connectivity index (χ0) is 16.3. The fourth-order valence-electron chi connectivity index (χ4n) is 1.52. The fraction of sp³-hybridized carbons (Fsp3) is 0.0909. The summed E-state index contributed by atoms with van der Waals surface area (Å²) in [7, 11) is -3.87. The van der Waals surface area contributed by atoms with Crippen molar-refractivity contribution in [3.05, 3.63) is 24.3 Å². The molecule has 0 saturated carbocycles. The van der Waals surface area contributed by atoms with Gasteiger partial charge in [0.25, 0.3) is 10.0 Å². The first kappa shape index (κ1) is 15.4. The van der Waals surface area contributed by atoms with Gasteiger partial charge in [0.2, 0.25) is 5.91 Å². The van der Waals surface area contributed by atoms with E-state index in [-0.39, 0.29) is 22.2 Å². The van der Waals surface area contributed by atoms with Gasteiger partial charge >= 0.3 is 0 Å². The molecule has 22 heavy (non-hydrogen) atoms. The maximum atomic E-state index is 11.8. The first-order valence-electron chi connectivity index (χ1n) is 5.94. The number of carbonyl (C=O) groups excluding carboxylic acids is 1. The zero-order valence-electron chi connectivity index (χ0n) is 11.4. The monoisotopic (exact) mass is 323 g/mol. The molecule has 6 N–H and O–H groups in total. The maximum Gasteiger partial charge on any atom is 0.264 e. The van der Waals surface area contributed by atoms with Crippen molar-refractivity contribution in [2.75, 3.05) is 11.5 Å². The zero-order valence-corrected chi connectivity index (χ0v) is 12.3.